The summed E-state index contributed by atoms with van der Waals surface area (Å²) >= 11 is 0. The van der Waals surface area contributed by atoms with Crippen molar-refractivity contribution in [2.75, 3.05) is 20.3 Å². The van der Waals surface area contributed by atoms with E-state index in [2.05, 4.69) is 18.6 Å². The third-order valence-corrected chi connectivity index (χ3v) is 8.87. The van der Waals surface area contributed by atoms with Crippen LogP contribution in [-0.2, 0) is 19.9 Å². The molecule has 0 fully saturated rings. The fourth-order valence-corrected chi connectivity index (χ4v) is 5.80. The van der Waals surface area contributed by atoms with Crippen LogP contribution < -0.4 is 0 Å². The topological polar surface area (TPSA) is 72.8 Å². The third kappa shape index (κ3) is 21.2. The van der Waals surface area contributed by atoms with Crippen LogP contribution in [0.2, 0.25) is 0 Å². The molecule has 0 radical (unpaired) electrons. The lowest BCUT2D eigenvalue weighted by Gasteiger charge is -2.27. The van der Waals surface area contributed by atoms with Crippen molar-refractivity contribution in [1.82, 2.24) is 0 Å². The van der Waals surface area contributed by atoms with Gasteiger partial charge in [-0.05, 0) is 24.8 Å². The smallest absolute Gasteiger partial charge is 0.305 e. The molecule has 1 unspecified atom stereocenters. The summed E-state index contributed by atoms with van der Waals surface area (Å²) in [7, 11) is 1.28. The number of aliphatic hydroxyl groups is 1. The number of carbonyl (C=O) groups is 2. The number of rotatable bonds is 28. The van der Waals surface area contributed by atoms with Crippen LogP contribution in [0.25, 0.3) is 0 Å². The molecule has 0 aliphatic rings. The van der Waals surface area contributed by atoms with Crippen LogP contribution in [0.1, 0.15) is 171 Å². The van der Waals surface area contributed by atoms with Gasteiger partial charge in [0.2, 0.25) is 0 Å². The van der Waals surface area contributed by atoms with Gasteiger partial charge >= 0.3 is 5.97 Å². The molecule has 5 heteroatoms. The summed E-state index contributed by atoms with van der Waals surface area (Å²) in [5, 5.41) is 11.0. The molecular weight excluding hydrogens is 584 g/mol. The van der Waals surface area contributed by atoms with E-state index in [-0.39, 0.29) is 12.8 Å². The van der Waals surface area contributed by atoms with Crippen molar-refractivity contribution in [3.05, 3.63) is 71.8 Å². The van der Waals surface area contributed by atoms with Crippen molar-refractivity contribution in [3.8, 4) is 0 Å². The molecule has 47 heavy (non-hydrogen) atoms. The van der Waals surface area contributed by atoms with Gasteiger partial charge in [-0.1, -0.05) is 190 Å². The highest BCUT2D eigenvalue weighted by molar-refractivity contribution is 6.03. The summed E-state index contributed by atoms with van der Waals surface area (Å²) in [4.78, 5) is 24.2. The number of ether oxygens (including phenoxy) is 2. The first-order chi connectivity index (χ1) is 23.0. The zero-order valence-electron chi connectivity index (χ0n) is 30.3. The zero-order valence-corrected chi connectivity index (χ0v) is 30.3. The maximum absolute atomic E-state index is 12.8. The van der Waals surface area contributed by atoms with Gasteiger partial charge in [0.15, 0.2) is 11.4 Å². The van der Waals surface area contributed by atoms with Crippen molar-refractivity contribution in [2.24, 2.45) is 0 Å². The molecular formula is C42H68O5. The number of ketones is 1. The number of hydrogen-bond donors (Lipinski definition) is 1. The zero-order chi connectivity index (χ0) is 34.3. The summed E-state index contributed by atoms with van der Waals surface area (Å²) < 4.78 is 10.4. The number of methoxy groups -OCH3 is 1. The Morgan fingerprint density at radius 3 is 1.36 bits per heavy atom. The maximum atomic E-state index is 12.8. The number of esters is 1. The van der Waals surface area contributed by atoms with E-state index in [1.165, 1.54) is 136 Å². The molecule has 266 valence electrons. The minimum Gasteiger partial charge on any atom is -0.469 e. The van der Waals surface area contributed by atoms with Gasteiger partial charge in [0.05, 0.1) is 7.11 Å². The van der Waals surface area contributed by atoms with Crippen LogP contribution in [0.5, 0.6) is 0 Å². The molecule has 2 aromatic rings. The van der Waals surface area contributed by atoms with E-state index in [9.17, 15) is 14.7 Å². The molecule has 2 rings (SSSR count). The second-order valence-corrected chi connectivity index (χ2v) is 13.0. The molecule has 0 aromatic heterocycles. The lowest BCUT2D eigenvalue weighted by Crippen LogP contribution is -2.36. The summed E-state index contributed by atoms with van der Waals surface area (Å²) in [6, 6.07) is 17.2. The van der Waals surface area contributed by atoms with Gasteiger partial charge in [-0.15, -0.1) is 0 Å². The molecule has 0 aliphatic carbocycles. The van der Waals surface area contributed by atoms with Gasteiger partial charge in [-0.25, -0.2) is 0 Å². The first-order valence-corrected chi connectivity index (χ1v) is 19.0. The molecule has 0 spiro atoms. The Hall–Kier alpha value is -2.50. The predicted molar refractivity (Wildman–Crippen MR) is 197 cm³/mol. The minimum atomic E-state index is -1.75. The normalized spacial score (nSPS) is 12.2. The van der Waals surface area contributed by atoms with Crippen molar-refractivity contribution in [2.45, 2.75) is 161 Å². The van der Waals surface area contributed by atoms with Crippen molar-refractivity contribution >= 4 is 11.8 Å². The van der Waals surface area contributed by atoms with E-state index in [0.29, 0.717) is 11.1 Å². The number of unbranched alkanes of at least 4 members (excludes halogenated alkanes) is 18. The van der Waals surface area contributed by atoms with E-state index >= 15 is 0 Å². The van der Waals surface area contributed by atoms with Crippen LogP contribution in [0.15, 0.2) is 60.7 Å². The lowest BCUT2D eigenvalue weighted by molar-refractivity contribution is -0.141. The van der Waals surface area contributed by atoms with Gasteiger partial charge in [0, 0.05) is 25.2 Å². The average molecular weight is 653 g/mol. The summed E-state index contributed by atoms with van der Waals surface area (Å²) in [6.45, 7) is 6.57. The molecule has 1 N–H and O–H groups in total. The Kier molecular flexibility index (Phi) is 26.8. The van der Waals surface area contributed by atoms with Crippen molar-refractivity contribution < 1.29 is 24.2 Å². The van der Waals surface area contributed by atoms with Crippen LogP contribution >= 0.6 is 0 Å². The summed E-state index contributed by atoms with van der Waals surface area (Å²) in [6.07, 6.45) is 28.1. The Balaban J connectivity index is 0.000000473. The third-order valence-electron chi connectivity index (χ3n) is 8.87. The summed E-state index contributed by atoms with van der Waals surface area (Å²) in [5.41, 5.74) is -0.886. The largest absolute Gasteiger partial charge is 0.469 e. The van der Waals surface area contributed by atoms with E-state index in [4.69, 9.17) is 4.74 Å². The van der Waals surface area contributed by atoms with Gasteiger partial charge in [0.25, 0.3) is 0 Å². The van der Waals surface area contributed by atoms with Crippen LogP contribution in [0.4, 0.5) is 0 Å². The van der Waals surface area contributed by atoms with Crippen LogP contribution in [-0.4, -0.2) is 37.2 Å². The van der Waals surface area contributed by atoms with Gasteiger partial charge < -0.3 is 14.6 Å². The van der Waals surface area contributed by atoms with Gasteiger partial charge in [0.1, 0.15) is 0 Å². The average Bonchev–Trinajstić information content (AvgIpc) is 3.11. The maximum Gasteiger partial charge on any atom is 0.305 e. The molecule has 0 bridgehead atoms. The molecule has 0 amide bonds. The highest BCUT2D eigenvalue weighted by Gasteiger charge is 2.38. The quantitative estimate of drug-likeness (QED) is 0.0562. The van der Waals surface area contributed by atoms with E-state index < -0.39 is 17.4 Å². The Morgan fingerprint density at radius 1 is 0.574 bits per heavy atom. The SMILES string of the molecule is CCCCCCCCCCCCOCCCCCCCCCCCC.COC(=O)CCC(O)(C(=O)c1ccccc1)c1ccccc1. The Bertz CT molecular complexity index is 971. The Morgan fingerprint density at radius 2 is 0.957 bits per heavy atom. The van der Waals surface area contributed by atoms with E-state index in [0.717, 1.165) is 13.2 Å². The molecule has 0 aliphatic heterocycles. The van der Waals surface area contributed by atoms with E-state index in [1.807, 2.05) is 0 Å². The number of benzene rings is 2. The minimum absolute atomic E-state index is 0.0303. The molecule has 0 saturated heterocycles. The molecule has 1 atom stereocenters. The lowest BCUT2D eigenvalue weighted by atomic mass is 9.82. The fraction of sp³-hybridized carbons (Fsp3) is 0.667. The first-order valence-electron chi connectivity index (χ1n) is 19.0. The number of Topliss-reactive ketones (excluding diaryl/α,β-unsaturated/α-hetero) is 1. The van der Waals surface area contributed by atoms with Crippen molar-refractivity contribution in [3.63, 3.8) is 0 Å². The van der Waals surface area contributed by atoms with Crippen molar-refractivity contribution in [1.29, 1.82) is 0 Å². The predicted octanol–water partition coefficient (Wildman–Crippen LogP) is 11.6. The standard InChI is InChI=1S/C24H50O.C18H18O4/c1-3-5-7-9-11-13-15-17-19-21-23-25-24-22-20-18-16-14-12-10-8-6-4-2;1-22-16(19)12-13-18(21,15-10-6-3-7-11-15)17(20)14-8-4-2-5-9-14/h3-24H2,1-2H3;2-11,21H,12-13H2,1H3. The van der Waals surface area contributed by atoms with Crippen LogP contribution in [0, 0.1) is 0 Å². The number of hydrogen-bond acceptors (Lipinski definition) is 5. The fourth-order valence-electron chi connectivity index (χ4n) is 5.80. The van der Waals surface area contributed by atoms with E-state index in [1.54, 1.807) is 60.7 Å². The first kappa shape index (κ1) is 42.5. The molecule has 0 saturated carbocycles. The van der Waals surface area contributed by atoms with Gasteiger partial charge in [-0.3, -0.25) is 9.59 Å². The summed E-state index contributed by atoms with van der Waals surface area (Å²) in [5.74, 6) is -0.890. The second-order valence-electron chi connectivity index (χ2n) is 13.0. The molecule has 0 heterocycles. The van der Waals surface area contributed by atoms with Gasteiger partial charge in [-0.2, -0.15) is 0 Å². The highest BCUT2D eigenvalue weighted by Crippen LogP contribution is 2.31. The number of carbonyl (C=O) groups excluding carboxylic acids is 2. The monoisotopic (exact) mass is 653 g/mol. The molecule has 2 aromatic carbocycles. The highest BCUT2D eigenvalue weighted by atomic mass is 16.5. The Labute approximate surface area is 288 Å². The second kappa shape index (κ2) is 29.6. The molecule has 5 nitrogen and oxygen atoms in total. The van der Waals surface area contributed by atoms with Crippen LogP contribution in [0.3, 0.4) is 0 Å².